The molecule has 0 saturated carbocycles. The van der Waals surface area contributed by atoms with Gasteiger partial charge in [-0.15, -0.1) is 0 Å². The number of hydrogen-bond donors (Lipinski definition) is 1. The van der Waals surface area contributed by atoms with Crippen LogP contribution in [0.1, 0.15) is 10.4 Å². The quantitative estimate of drug-likeness (QED) is 0.922. The number of halogens is 1. The molecular weight excluding hydrogens is 299 g/mol. The Balaban J connectivity index is 2.02. The average molecular weight is 316 g/mol. The molecule has 0 aliphatic carbocycles. The second kappa shape index (κ2) is 7.40. The average Bonchev–Trinajstić information content (AvgIpc) is 2.53. The second-order valence-electron chi connectivity index (χ2n) is 4.92. The molecule has 1 N–H and O–H groups in total. The summed E-state index contributed by atoms with van der Waals surface area (Å²) in [4.78, 5) is 25.6. The Labute approximate surface area is 133 Å². The SMILES string of the molecule is COc1ccccc1C(=O)N(C)CC(=O)Nc1cccc(F)c1. The van der Waals surface area contributed by atoms with Gasteiger partial charge in [-0.3, -0.25) is 9.59 Å². The Morgan fingerprint density at radius 3 is 2.61 bits per heavy atom. The molecule has 2 amide bonds. The standard InChI is InChI=1S/C17H17FN2O3/c1-20(17(22)14-8-3-4-9-15(14)23-2)11-16(21)19-13-7-5-6-12(18)10-13/h3-10H,11H2,1-2H3,(H,19,21). The van der Waals surface area contributed by atoms with E-state index in [0.717, 1.165) is 0 Å². The summed E-state index contributed by atoms with van der Waals surface area (Å²) in [5.41, 5.74) is 0.712. The van der Waals surface area contributed by atoms with Gasteiger partial charge in [0.2, 0.25) is 5.91 Å². The minimum atomic E-state index is -0.443. The van der Waals surface area contributed by atoms with Gasteiger partial charge in [-0.25, -0.2) is 4.39 Å². The number of rotatable bonds is 5. The number of anilines is 1. The van der Waals surface area contributed by atoms with E-state index in [1.54, 1.807) is 30.3 Å². The van der Waals surface area contributed by atoms with Crippen molar-refractivity contribution in [1.29, 1.82) is 0 Å². The lowest BCUT2D eigenvalue weighted by Crippen LogP contribution is -2.35. The zero-order chi connectivity index (χ0) is 16.8. The number of hydrogen-bond acceptors (Lipinski definition) is 3. The lowest BCUT2D eigenvalue weighted by atomic mass is 10.2. The van der Waals surface area contributed by atoms with Gasteiger partial charge in [0.1, 0.15) is 11.6 Å². The molecule has 23 heavy (non-hydrogen) atoms. The fourth-order valence-corrected chi connectivity index (χ4v) is 2.08. The van der Waals surface area contributed by atoms with Crippen molar-refractivity contribution in [2.45, 2.75) is 0 Å². The molecule has 5 nitrogen and oxygen atoms in total. The third-order valence-corrected chi connectivity index (χ3v) is 3.17. The molecule has 0 aliphatic rings. The molecule has 0 fully saturated rings. The second-order valence-corrected chi connectivity index (χ2v) is 4.92. The maximum atomic E-state index is 13.1. The maximum absolute atomic E-state index is 13.1. The molecule has 0 unspecified atom stereocenters. The minimum Gasteiger partial charge on any atom is -0.496 e. The van der Waals surface area contributed by atoms with Crippen molar-refractivity contribution in [2.75, 3.05) is 26.0 Å². The van der Waals surface area contributed by atoms with Gasteiger partial charge in [0, 0.05) is 12.7 Å². The highest BCUT2D eigenvalue weighted by Crippen LogP contribution is 2.18. The van der Waals surface area contributed by atoms with Crippen LogP contribution in [0.15, 0.2) is 48.5 Å². The first-order chi connectivity index (χ1) is 11.0. The first-order valence-corrected chi connectivity index (χ1v) is 6.95. The fraction of sp³-hybridized carbons (Fsp3) is 0.176. The number of carbonyl (C=O) groups is 2. The Morgan fingerprint density at radius 2 is 1.91 bits per heavy atom. The summed E-state index contributed by atoms with van der Waals surface area (Å²) in [6.07, 6.45) is 0. The van der Waals surface area contributed by atoms with E-state index in [2.05, 4.69) is 5.32 Å². The van der Waals surface area contributed by atoms with Crippen LogP contribution < -0.4 is 10.1 Å². The van der Waals surface area contributed by atoms with Gasteiger partial charge in [-0.05, 0) is 30.3 Å². The van der Waals surface area contributed by atoms with Crippen molar-refractivity contribution in [1.82, 2.24) is 4.90 Å². The Bertz CT molecular complexity index is 718. The normalized spacial score (nSPS) is 10.0. The Hall–Kier alpha value is -2.89. The van der Waals surface area contributed by atoms with Crippen molar-refractivity contribution in [3.05, 3.63) is 59.9 Å². The predicted molar refractivity (Wildman–Crippen MR) is 85.0 cm³/mol. The molecule has 0 saturated heterocycles. The molecule has 0 spiro atoms. The predicted octanol–water partition coefficient (Wildman–Crippen LogP) is 2.55. The molecule has 2 aromatic carbocycles. The van der Waals surface area contributed by atoms with Crippen LogP contribution in [0.2, 0.25) is 0 Å². The molecule has 0 aliphatic heterocycles. The zero-order valence-corrected chi connectivity index (χ0v) is 12.9. The van der Waals surface area contributed by atoms with Crippen molar-refractivity contribution in [3.63, 3.8) is 0 Å². The Morgan fingerprint density at radius 1 is 1.17 bits per heavy atom. The summed E-state index contributed by atoms with van der Waals surface area (Å²) < 4.78 is 18.2. The molecule has 0 heterocycles. The minimum absolute atomic E-state index is 0.159. The van der Waals surface area contributed by atoms with Crippen LogP contribution in [-0.4, -0.2) is 37.4 Å². The van der Waals surface area contributed by atoms with Crippen LogP contribution in [0.4, 0.5) is 10.1 Å². The number of nitrogens with one attached hydrogen (secondary N) is 1. The van der Waals surface area contributed by atoms with Gasteiger partial charge in [0.15, 0.2) is 0 Å². The number of methoxy groups -OCH3 is 1. The number of carbonyl (C=O) groups excluding carboxylic acids is 2. The molecule has 120 valence electrons. The van der Waals surface area contributed by atoms with E-state index in [-0.39, 0.29) is 12.5 Å². The highest BCUT2D eigenvalue weighted by molar-refractivity contribution is 6.00. The summed E-state index contributed by atoms with van der Waals surface area (Å²) in [5.74, 6) is -0.755. The molecule has 2 rings (SSSR count). The smallest absolute Gasteiger partial charge is 0.257 e. The van der Waals surface area contributed by atoms with E-state index in [1.165, 1.54) is 37.3 Å². The largest absolute Gasteiger partial charge is 0.496 e. The van der Waals surface area contributed by atoms with E-state index in [9.17, 15) is 14.0 Å². The van der Waals surface area contributed by atoms with Gasteiger partial charge in [0.05, 0.1) is 19.2 Å². The van der Waals surface area contributed by atoms with Crippen LogP contribution in [0.25, 0.3) is 0 Å². The first kappa shape index (κ1) is 16.5. The summed E-state index contributed by atoms with van der Waals surface area (Å²) in [6, 6.07) is 12.3. The van der Waals surface area contributed by atoms with Gasteiger partial charge in [-0.2, -0.15) is 0 Å². The van der Waals surface area contributed by atoms with Crippen LogP contribution >= 0.6 is 0 Å². The van der Waals surface area contributed by atoms with Gasteiger partial charge in [0.25, 0.3) is 5.91 Å². The zero-order valence-electron chi connectivity index (χ0n) is 12.9. The highest BCUT2D eigenvalue weighted by atomic mass is 19.1. The lowest BCUT2D eigenvalue weighted by molar-refractivity contribution is -0.116. The summed E-state index contributed by atoms with van der Waals surface area (Å²) in [6.45, 7) is -0.159. The number of para-hydroxylation sites is 1. The molecule has 6 heteroatoms. The number of nitrogens with zero attached hydrogens (tertiary/aromatic N) is 1. The van der Waals surface area contributed by atoms with Crippen molar-refractivity contribution < 1.29 is 18.7 Å². The summed E-state index contributed by atoms with van der Waals surface area (Å²) >= 11 is 0. The van der Waals surface area contributed by atoms with E-state index in [4.69, 9.17) is 4.74 Å². The number of likely N-dealkylation sites (N-methyl/N-ethyl adjacent to an activating group) is 1. The molecule has 0 atom stereocenters. The fourth-order valence-electron chi connectivity index (χ4n) is 2.08. The third-order valence-electron chi connectivity index (χ3n) is 3.17. The summed E-state index contributed by atoms with van der Waals surface area (Å²) in [5, 5.41) is 2.54. The molecule has 0 bridgehead atoms. The van der Waals surface area contributed by atoms with Gasteiger partial charge in [-0.1, -0.05) is 18.2 Å². The number of benzene rings is 2. The van der Waals surface area contributed by atoms with Crippen LogP contribution in [-0.2, 0) is 4.79 Å². The van der Waals surface area contributed by atoms with Crippen molar-refractivity contribution in [3.8, 4) is 5.75 Å². The van der Waals surface area contributed by atoms with E-state index >= 15 is 0 Å². The molecule has 0 radical (unpaired) electrons. The summed E-state index contributed by atoms with van der Waals surface area (Å²) in [7, 11) is 2.99. The molecule has 2 aromatic rings. The van der Waals surface area contributed by atoms with Gasteiger partial charge < -0.3 is 15.0 Å². The van der Waals surface area contributed by atoms with Crippen LogP contribution in [0.5, 0.6) is 5.75 Å². The molecular formula is C17H17FN2O3. The number of ether oxygens (including phenoxy) is 1. The van der Waals surface area contributed by atoms with Crippen LogP contribution in [0, 0.1) is 5.82 Å². The third kappa shape index (κ3) is 4.29. The van der Waals surface area contributed by atoms with Crippen molar-refractivity contribution in [2.24, 2.45) is 0 Å². The number of amides is 2. The Kier molecular flexibility index (Phi) is 5.30. The molecule has 0 aromatic heterocycles. The van der Waals surface area contributed by atoms with E-state index in [1.807, 2.05) is 0 Å². The van der Waals surface area contributed by atoms with Crippen molar-refractivity contribution >= 4 is 17.5 Å². The highest BCUT2D eigenvalue weighted by Gasteiger charge is 2.18. The van der Waals surface area contributed by atoms with E-state index in [0.29, 0.717) is 17.0 Å². The van der Waals surface area contributed by atoms with Crippen LogP contribution in [0.3, 0.4) is 0 Å². The van der Waals surface area contributed by atoms with Gasteiger partial charge >= 0.3 is 0 Å². The lowest BCUT2D eigenvalue weighted by Gasteiger charge is -2.18. The maximum Gasteiger partial charge on any atom is 0.257 e. The van der Waals surface area contributed by atoms with E-state index < -0.39 is 11.7 Å². The first-order valence-electron chi connectivity index (χ1n) is 6.95. The topological polar surface area (TPSA) is 58.6 Å². The monoisotopic (exact) mass is 316 g/mol.